The highest BCUT2D eigenvalue weighted by Crippen LogP contribution is 2.24. The molecule has 3 nitrogen and oxygen atoms in total. The van der Waals surface area contributed by atoms with Gasteiger partial charge in [-0.25, -0.2) is 0 Å². The van der Waals surface area contributed by atoms with E-state index < -0.39 is 0 Å². The molecule has 0 aromatic rings. The molecule has 0 radical (unpaired) electrons. The first-order valence-electron chi connectivity index (χ1n) is 6.60. The van der Waals surface area contributed by atoms with Crippen LogP contribution in [0.3, 0.4) is 0 Å². The summed E-state index contributed by atoms with van der Waals surface area (Å²) < 4.78 is 0. The van der Waals surface area contributed by atoms with E-state index in [-0.39, 0.29) is 11.9 Å². The molecule has 0 saturated carbocycles. The van der Waals surface area contributed by atoms with Gasteiger partial charge < -0.3 is 10.6 Å². The number of nitrogens with zero attached hydrogens (tertiary/aromatic N) is 1. The molecule has 1 amide bonds. The van der Waals surface area contributed by atoms with Crippen molar-refractivity contribution < 1.29 is 4.79 Å². The van der Waals surface area contributed by atoms with Crippen molar-refractivity contribution in [2.75, 3.05) is 13.1 Å². The normalized spacial score (nSPS) is 24.3. The van der Waals surface area contributed by atoms with Crippen molar-refractivity contribution in [1.82, 2.24) is 4.90 Å². The predicted molar refractivity (Wildman–Crippen MR) is 67.0 cm³/mol. The molecule has 94 valence electrons. The van der Waals surface area contributed by atoms with Crippen LogP contribution in [0.4, 0.5) is 0 Å². The van der Waals surface area contributed by atoms with Crippen molar-refractivity contribution in [3.63, 3.8) is 0 Å². The standard InChI is InChI=1S/C13H26N2O/c1-4-12(14)13(16)15-8-5-6-11(7-9-15)10(2)3/h10-12H,4-9,14H2,1-3H3/t11?,12-/m0/s1. The lowest BCUT2D eigenvalue weighted by molar-refractivity contribution is -0.132. The van der Waals surface area contributed by atoms with E-state index in [0.717, 1.165) is 44.2 Å². The van der Waals surface area contributed by atoms with Crippen molar-refractivity contribution in [2.45, 2.75) is 52.5 Å². The first kappa shape index (κ1) is 13.5. The molecular formula is C13H26N2O. The van der Waals surface area contributed by atoms with Gasteiger partial charge >= 0.3 is 0 Å². The van der Waals surface area contributed by atoms with Crippen LogP contribution < -0.4 is 5.73 Å². The van der Waals surface area contributed by atoms with Crippen molar-refractivity contribution in [1.29, 1.82) is 0 Å². The van der Waals surface area contributed by atoms with Crippen molar-refractivity contribution >= 4 is 5.91 Å². The zero-order chi connectivity index (χ0) is 12.1. The third-order valence-corrected chi connectivity index (χ3v) is 3.78. The second-order valence-electron chi connectivity index (χ2n) is 5.28. The summed E-state index contributed by atoms with van der Waals surface area (Å²) in [6.45, 7) is 8.32. The van der Waals surface area contributed by atoms with E-state index in [1.807, 2.05) is 11.8 Å². The maximum atomic E-state index is 12.0. The van der Waals surface area contributed by atoms with E-state index in [1.54, 1.807) is 0 Å². The number of amides is 1. The Hall–Kier alpha value is -0.570. The third-order valence-electron chi connectivity index (χ3n) is 3.78. The van der Waals surface area contributed by atoms with Gasteiger partial charge in [0, 0.05) is 13.1 Å². The van der Waals surface area contributed by atoms with Crippen molar-refractivity contribution in [2.24, 2.45) is 17.6 Å². The Labute approximate surface area is 99.4 Å². The summed E-state index contributed by atoms with van der Waals surface area (Å²) in [6.07, 6.45) is 4.26. The average Bonchev–Trinajstić information content (AvgIpc) is 2.52. The highest BCUT2D eigenvalue weighted by molar-refractivity contribution is 5.81. The molecule has 0 aromatic heterocycles. The molecule has 1 heterocycles. The lowest BCUT2D eigenvalue weighted by Crippen LogP contribution is -2.43. The minimum Gasteiger partial charge on any atom is -0.341 e. The molecule has 16 heavy (non-hydrogen) atoms. The molecule has 3 heteroatoms. The molecule has 1 aliphatic rings. The molecule has 1 saturated heterocycles. The number of nitrogens with two attached hydrogens (primary N) is 1. The number of hydrogen-bond donors (Lipinski definition) is 1. The van der Waals surface area contributed by atoms with Crippen LogP contribution in [0, 0.1) is 11.8 Å². The highest BCUT2D eigenvalue weighted by atomic mass is 16.2. The van der Waals surface area contributed by atoms with Gasteiger partial charge in [-0.2, -0.15) is 0 Å². The Balaban J connectivity index is 2.50. The van der Waals surface area contributed by atoms with E-state index in [9.17, 15) is 4.79 Å². The first-order valence-corrected chi connectivity index (χ1v) is 6.60. The van der Waals surface area contributed by atoms with Gasteiger partial charge in [-0.1, -0.05) is 20.8 Å². The van der Waals surface area contributed by atoms with Crippen LogP contribution in [0.25, 0.3) is 0 Å². The summed E-state index contributed by atoms with van der Waals surface area (Å²) in [7, 11) is 0. The van der Waals surface area contributed by atoms with Crippen LogP contribution in [0.2, 0.25) is 0 Å². The Morgan fingerprint density at radius 2 is 2.06 bits per heavy atom. The smallest absolute Gasteiger partial charge is 0.239 e. The number of carbonyl (C=O) groups excluding carboxylic acids is 1. The molecule has 2 N–H and O–H groups in total. The molecule has 0 aromatic carbocycles. The zero-order valence-electron chi connectivity index (χ0n) is 10.9. The van der Waals surface area contributed by atoms with Gasteiger partial charge in [0.2, 0.25) is 5.91 Å². The number of rotatable bonds is 3. The Morgan fingerprint density at radius 3 is 2.62 bits per heavy atom. The fourth-order valence-corrected chi connectivity index (χ4v) is 2.42. The van der Waals surface area contributed by atoms with Gasteiger partial charge in [0.15, 0.2) is 0 Å². The molecule has 1 fully saturated rings. The summed E-state index contributed by atoms with van der Waals surface area (Å²) in [4.78, 5) is 13.9. The van der Waals surface area contributed by atoms with Crippen LogP contribution >= 0.6 is 0 Å². The van der Waals surface area contributed by atoms with E-state index in [4.69, 9.17) is 5.73 Å². The fourth-order valence-electron chi connectivity index (χ4n) is 2.42. The number of carbonyl (C=O) groups is 1. The van der Waals surface area contributed by atoms with Crippen LogP contribution in [-0.4, -0.2) is 29.9 Å². The summed E-state index contributed by atoms with van der Waals surface area (Å²) in [6, 6.07) is -0.296. The van der Waals surface area contributed by atoms with E-state index in [1.165, 1.54) is 6.42 Å². The van der Waals surface area contributed by atoms with Gasteiger partial charge in [-0.15, -0.1) is 0 Å². The van der Waals surface area contributed by atoms with Gasteiger partial charge in [-0.3, -0.25) is 4.79 Å². The third kappa shape index (κ3) is 3.48. The number of likely N-dealkylation sites (tertiary alicyclic amines) is 1. The molecule has 1 unspecified atom stereocenters. The van der Waals surface area contributed by atoms with Gasteiger partial charge in [0.05, 0.1) is 6.04 Å². The molecule has 0 aliphatic carbocycles. The molecular weight excluding hydrogens is 200 g/mol. The Kier molecular flexibility index (Phi) is 5.26. The molecule has 0 bridgehead atoms. The zero-order valence-corrected chi connectivity index (χ0v) is 10.9. The van der Waals surface area contributed by atoms with Crippen molar-refractivity contribution in [3.05, 3.63) is 0 Å². The average molecular weight is 226 g/mol. The highest BCUT2D eigenvalue weighted by Gasteiger charge is 2.24. The molecule has 1 rings (SSSR count). The monoisotopic (exact) mass is 226 g/mol. The summed E-state index contributed by atoms with van der Waals surface area (Å²) in [5, 5.41) is 0. The second kappa shape index (κ2) is 6.24. The maximum absolute atomic E-state index is 12.0. The van der Waals surface area contributed by atoms with Gasteiger partial charge in [-0.05, 0) is 37.5 Å². The topological polar surface area (TPSA) is 46.3 Å². The maximum Gasteiger partial charge on any atom is 0.239 e. The van der Waals surface area contributed by atoms with E-state index in [2.05, 4.69) is 13.8 Å². The Morgan fingerprint density at radius 1 is 1.38 bits per heavy atom. The summed E-state index contributed by atoms with van der Waals surface area (Å²) in [5.41, 5.74) is 5.80. The van der Waals surface area contributed by atoms with E-state index >= 15 is 0 Å². The lowest BCUT2D eigenvalue weighted by atomic mass is 9.89. The van der Waals surface area contributed by atoms with Crippen molar-refractivity contribution in [3.8, 4) is 0 Å². The second-order valence-corrected chi connectivity index (χ2v) is 5.28. The fraction of sp³-hybridized carbons (Fsp3) is 0.923. The molecule has 2 atom stereocenters. The van der Waals surface area contributed by atoms with Crippen LogP contribution in [0.15, 0.2) is 0 Å². The molecule has 1 aliphatic heterocycles. The SMILES string of the molecule is CC[C@H](N)C(=O)N1CCCC(C(C)C)CC1. The summed E-state index contributed by atoms with van der Waals surface area (Å²) in [5.74, 6) is 1.65. The minimum absolute atomic E-state index is 0.145. The van der Waals surface area contributed by atoms with Crippen LogP contribution in [0.5, 0.6) is 0 Å². The predicted octanol–water partition coefficient (Wildman–Crippen LogP) is 2.01. The number of hydrogen-bond acceptors (Lipinski definition) is 2. The first-order chi connectivity index (χ1) is 7.56. The van der Waals surface area contributed by atoms with E-state index in [0.29, 0.717) is 0 Å². The minimum atomic E-state index is -0.296. The lowest BCUT2D eigenvalue weighted by Gasteiger charge is -2.24. The van der Waals surface area contributed by atoms with Gasteiger partial charge in [0.25, 0.3) is 0 Å². The van der Waals surface area contributed by atoms with Gasteiger partial charge in [0.1, 0.15) is 0 Å². The van der Waals surface area contributed by atoms with Crippen LogP contribution in [-0.2, 0) is 4.79 Å². The quantitative estimate of drug-likeness (QED) is 0.800. The largest absolute Gasteiger partial charge is 0.341 e. The van der Waals surface area contributed by atoms with Crippen LogP contribution in [0.1, 0.15) is 46.5 Å². The molecule has 0 spiro atoms. The summed E-state index contributed by atoms with van der Waals surface area (Å²) >= 11 is 0. The Bertz CT molecular complexity index is 228.